The van der Waals surface area contributed by atoms with E-state index in [0.29, 0.717) is 45.2 Å². The number of nitrogens with one attached hydrogen (secondary N) is 2. The van der Waals surface area contributed by atoms with Gasteiger partial charge in [-0.3, -0.25) is 9.59 Å². The van der Waals surface area contributed by atoms with Crippen LogP contribution in [0.25, 0.3) is 0 Å². The molecule has 2 aromatic rings. The van der Waals surface area contributed by atoms with Gasteiger partial charge in [-0.25, -0.2) is 13.1 Å². The maximum atomic E-state index is 13.5. The second-order valence-corrected chi connectivity index (χ2v) is 12.6. The molecule has 9 heteroatoms. The van der Waals surface area contributed by atoms with E-state index in [9.17, 15) is 18.0 Å². The molecule has 1 atom stereocenters. The van der Waals surface area contributed by atoms with Gasteiger partial charge < -0.3 is 15.1 Å². The topological polar surface area (TPSA) is 98.8 Å². The monoisotopic (exact) mass is 554 g/mol. The molecule has 2 fully saturated rings. The molecule has 212 valence electrons. The van der Waals surface area contributed by atoms with Crippen LogP contribution in [0.5, 0.6) is 0 Å². The van der Waals surface area contributed by atoms with Gasteiger partial charge in [-0.15, -0.1) is 0 Å². The summed E-state index contributed by atoms with van der Waals surface area (Å²) in [7, 11) is -3.42. The maximum absolute atomic E-state index is 13.5. The van der Waals surface area contributed by atoms with Crippen molar-refractivity contribution in [2.45, 2.75) is 69.2 Å². The first-order chi connectivity index (χ1) is 18.8. The van der Waals surface area contributed by atoms with Gasteiger partial charge in [0.25, 0.3) is 0 Å². The van der Waals surface area contributed by atoms with Crippen molar-refractivity contribution in [1.82, 2.24) is 19.8 Å². The zero-order chi connectivity index (χ0) is 27.7. The lowest BCUT2D eigenvalue weighted by molar-refractivity contribution is -0.161. The molecule has 0 saturated carbocycles. The van der Waals surface area contributed by atoms with Crippen LogP contribution < -0.4 is 10.0 Å². The van der Waals surface area contributed by atoms with Crippen molar-refractivity contribution < 1.29 is 18.0 Å². The number of unbranched alkanes of at least 4 members (excludes halogenated alkanes) is 1. The van der Waals surface area contributed by atoms with Crippen LogP contribution in [0.15, 0.2) is 60.7 Å². The quantitative estimate of drug-likeness (QED) is 0.371. The summed E-state index contributed by atoms with van der Waals surface area (Å²) in [6, 6.07) is 19.0. The van der Waals surface area contributed by atoms with Gasteiger partial charge in [0.15, 0.2) is 0 Å². The summed E-state index contributed by atoms with van der Waals surface area (Å²) in [5.41, 5.74) is 1.29. The molecule has 0 unspecified atom stereocenters. The first kappa shape index (κ1) is 29.2. The lowest BCUT2D eigenvalue weighted by atomic mass is 9.81. The SMILES string of the molecule is CCCN1C(=O)[C@H](CCCCNS(=O)(=O)Cc2ccccc2)NC(=O)C12CCN(CCc1ccccc1)CC2. The van der Waals surface area contributed by atoms with Gasteiger partial charge in [0.05, 0.1) is 5.75 Å². The molecule has 2 N–H and O–H groups in total. The highest BCUT2D eigenvalue weighted by atomic mass is 32.2. The number of benzene rings is 2. The van der Waals surface area contributed by atoms with Crippen molar-refractivity contribution in [2.24, 2.45) is 0 Å². The number of carbonyl (C=O) groups is 2. The number of sulfonamides is 1. The lowest BCUT2D eigenvalue weighted by Crippen LogP contribution is -2.72. The summed E-state index contributed by atoms with van der Waals surface area (Å²) in [4.78, 5) is 31.3. The predicted octanol–water partition coefficient (Wildman–Crippen LogP) is 3.09. The molecule has 2 aliphatic rings. The highest BCUT2D eigenvalue weighted by Gasteiger charge is 2.52. The molecule has 0 radical (unpaired) electrons. The largest absolute Gasteiger partial charge is 0.342 e. The number of hydrogen-bond acceptors (Lipinski definition) is 5. The Hall–Kier alpha value is -2.75. The van der Waals surface area contributed by atoms with Gasteiger partial charge in [0.1, 0.15) is 11.6 Å². The predicted molar refractivity (Wildman–Crippen MR) is 153 cm³/mol. The fraction of sp³-hybridized carbons (Fsp3) is 0.533. The number of nitrogens with zero attached hydrogens (tertiary/aromatic N) is 2. The Labute approximate surface area is 233 Å². The molecule has 4 rings (SSSR count). The summed E-state index contributed by atoms with van der Waals surface area (Å²) >= 11 is 0. The first-order valence-corrected chi connectivity index (χ1v) is 15.9. The number of piperidine rings is 1. The first-order valence-electron chi connectivity index (χ1n) is 14.2. The van der Waals surface area contributed by atoms with Crippen LogP contribution in [0.1, 0.15) is 56.6 Å². The van der Waals surface area contributed by atoms with Gasteiger partial charge in [-0.05, 0) is 56.1 Å². The normalized spacial score (nSPS) is 19.8. The van der Waals surface area contributed by atoms with Gasteiger partial charge >= 0.3 is 0 Å². The van der Waals surface area contributed by atoms with E-state index in [1.54, 1.807) is 12.1 Å². The van der Waals surface area contributed by atoms with Crippen LogP contribution in [-0.4, -0.2) is 74.3 Å². The summed E-state index contributed by atoms with van der Waals surface area (Å²) in [5.74, 6) is -0.0892. The average Bonchev–Trinajstić information content (AvgIpc) is 2.94. The summed E-state index contributed by atoms with van der Waals surface area (Å²) in [6.45, 7) is 5.46. The molecular formula is C30H42N4O4S. The van der Waals surface area contributed by atoms with E-state index in [0.717, 1.165) is 38.0 Å². The van der Waals surface area contributed by atoms with Crippen LogP contribution in [0.3, 0.4) is 0 Å². The average molecular weight is 555 g/mol. The molecule has 0 bridgehead atoms. The van der Waals surface area contributed by atoms with Crippen molar-refractivity contribution in [1.29, 1.82) is 0 Å². The Bertz CT molecular complexity index is 1180. The number of rotatable bonds is 13. The highest BCUT2D eigenvalue weighted by molar-refractivity contribution is 7.88. The number of amides is 2. The second-order valence-electron chi connectivity index (χ2n) is 10.8. The number of carbonyl (C=O) groups excluding carboxylic acids is 2. The Morgan fingerprint density at radius 2 is 1.56 bits per heavy atom. The van der Waals surface area contributed by atoms with Crippen LogP contribution in [-0.2, 0) is 31.8 Å². The van der Waals surface area contributed by atoms with Gasteiger partial charge in [0, 0.05) is 32.7 Å². The van der Waals surface area contributed by atoms with E-state index in [1.165, 1.54) is 5.56 Å². The third-order valence-electron chi connectivity index (χ3n) is 7.94. The fourth-order valence-corrected chi connectivity index (χ4v) is 6.93. The molecule has 2 amide bonds. The van der Waals surface area contributed by atoms with Crippen molar-refractivity contribution >= 4 is 21.8 Å². The molecule has 0 aromatic heterocycles. The summed E-state index contributed by atoms with van der Waals surface area (Å²) in [6.07, 6.45) is 4.82. The minimum absolute atomic E-state index is 0.00107. The van der Waals surface area contributed by atoms with Gasteiger partial charge in [0.2, 0.25) is 21.8 Å². The summed E-state index contributed by atoms with van der Waals surface area (Å²) in [5, 5.41) is 3.04. The van der Waals surface area contributed by atoms with E-state index >= 15 is 0 Å². The fourth-order valence-electron chi connectivity index (χ4n) is 5.74. The van der Waals surface area contributed by atoms with Crippen molar-refractivity contribution in [3.63, 3.8) is 0 Å². The molecule has 0 aliphatic carbocycles. The third-order valence-corrected chi connectivity index (χ3v) is 9.30. The molecule has 39 heavy (non-hydrogen) atoms. The Morgan fingerprint density at radius 3 is 2.21 bits per heavy atom. The number of piperazine rings is 1. The minimum atomic E-state index is -3.42. The molecule has 2 aliphatic heterocycles. The molecule has 2 saturated heterocycles. The molecular weight excluding hydrogens is 512 g/mol. The van der Waals surface area contributed by atoms with Gasteiger partial charge in [-0.2, -0.15) is 0 Å². The Balaban J connectivity index is 1.25. The van der Waals surface area contributed by atoms with E-state index in [-0.39, 0.29) is 17.6 Å². The second kappa shape index (κ2) is 13.5. The van der Waals surface area contributed by atoms with E-state index in [1.807, 2.05) is 36.1 Å². The van der Waals surface area contributed by atoms with Crippen molar-refractivity contribution in [3.8, 4) is 0 Å². The van der Waals surface area contributed by atoms with E-state index < -0.39 is 21.6 Å². The van der Waals surface area contributed by atoms with Crippen LogP contribution >= 0.6 is 0 Å². The van der Waals surface area contributed by atoms with E-state index in [2.05, 4.69) is 39.2 Å². The zero-order valence-electron chi connectivity index (χ0n) is 23.0. The number of hydrogen-bond donors (Lipinski definition) is 2. The maximum Gasteiger partial charge on any atom is 0.246 e. The molecule has 1 spiro atoms. The van der Waals surface area contributed by atoms with Crippen LogP contribution in [0.4, 0.5) is 0 Å². The number of likely N-dealkylation sites (tertiary alicyclic amines) is 1. The third kappa shape index (κ3) is 7.68. The molecule has 2 aromatic carbocycles. The van der Waals surface area contributed by atoms with E-state index in [4.69, 9.17) is 0 Å². The summed E-state index contributed by atoms with van der Waals surface area (Å²) < 4.78 is 27.4. The van der Waals surface area contributed by atoms with Crippen molar-refractivity contribution in [2.75, 3.05) is 32.7 Å². The Morgan fingerprint density at radius 1 is 0.923 bits per heavy atom. The van der Waals surface area contributed by atoms with Crippen LogP contribution in [0, 0.1) is 0 Å². The lowest BCUT2D eigenvalue weighted by Gasteiger charge is -2.51. The van der Waals surface area contributed by atoms with Gasteiger partial charge in [-0.1, -0.05) is 67.6 Å². The highest BCUT2D eigenvalue weighted by Crippen LogP contribution is 2.34. The smallest absolute Gasteiger partial charge is 0.246 e. The molecule has 8 nitrogen and oxygen atoms in total. The standard InChI is InChI=1S/C30H42N4O4S/c1-2-20-34-28(35)27(15-9-10-19-31-39(37,38)24-26-13-7-4-8-14-26)32-29(36)30(34)17-22-33(23-18-30)21-16-25-11-5-3-6-12-25/h3-8,11-14,27,31H,2,9-10,15-24H2,1H3,(H,32,36)/t27-/m0/s1. The molecule has 2 heterocycles. The minimum Gasteiger partial charge on any atom is -0.342 e. The van der Waals surface area contributed by atoms with Crippen molar-refractivity contribution in [3.05, 3.63) is 71.8 Å². The zero-order valence-corrected chi connectivity index (χ0v) is 23.8. The Kier molecular flexibility index (Phi) is 10.2. The van der Waals surface area contributed by atoms with Crippen LogP contribution in [0.2, 0.25) is 0 Å².